The van der Waals surface area contributed by atoms with E-state index in [1.807, 2.05) is 10.8 Å². The van der Waals surface area contributed by atoms with E-state index in [4.69, 9.17) is 0 Å². The molecule has 0 unspecified atom stereocenters. The minimum absolute atomic E-state index is 0.101. The number of carbonyl (C=O) groups is 1. The highest BCUT2D eigenvalue weighted by Crippen LogP contribution is 2.32. The molecular formula is C12H9NO4S. The zero-order chi connectivity index (χ0) is 13.1. The number of nitrogens with zero attached hydrogens (tertiary/aromatic N) is 1. The molecule has 0 fully saturated rings. The molecule has 0 saturated heterocycles. The van der Waals surface area contributed by atoms with Crippen LogP contribution in [-0.2, 0) is 4.74 Å². The van der Waals surface area contributed by atoms with Crippen LogP contribution in [0.1, 0.15) is 10.4 Å². The second kappa shape index (κ2) is 4.97. The van der Waals surface area contributed by atoms with E-state index < -0.39 is 10.9 Å². The topological polar surface area (TPSA) is 69.4 Å². The molecule has 1 aromatic heterocycles. The van der Waals surface area contributed by atoms with Crippen molar-refractivity contribution in [2.24, 2.45) is 0 Å². The maximum atomic E-state index is 11.3. The Balaban J connectivity index is 2.55. The van der Waals surface area contributed by atoms with Gasteiger partial charge in [-0.15, -0.1) is 0 Å². The van der Waals surface area contributed by atoms with E-state index in [2.05, 4.69) is 4.74 Å². The Hall–Kier alpha value is -2.21. The van der Waals surface area contributed by atoms with Gasteiger partial charge in [0.25, 0.3) is 5.69 Å². The summed E-state index contributed by atoms with van der Waals surface area (Å²) in [5, 5.41) is 14.7. The van der Waals surface area contributed by atoms with Gasteiger partial charge in [0, 0.05) is 6.07 Å². The van der Waals surface area contributed by atoms with E-state index >= 15 is 0 Å². The Labute approximate surface area is 107 Å². The second-order valence-corrected chi connectivity index (χ2v) is 4.27. The smallest absolute Gasteiger partial charge is 0.338 e. The Kier molecular flexibility index (Phi) is 3.38. The summed E-state index contributed by atoms with van der Waals surface area (Å²) in [6, 6.07) is 6.11. The number of rotatable bonds is 3. The summed E-state index contributed by atoms with van der Waals surface area (Å²) in [6.45, 7) is 0. The molecule has 0 aliphatic heterocycles. The summed E-state index contributed by atoms with van der Waals surface area (Å²) < 4.78 is 4.54. The Morgan fingerprint density at radius 1 is 1.39 bits per heavy atom. The van der Waals surface area contributed by atoms with Crippen LogP contribution in [0.4, 0.5) is 5.69 Å². The van der Waals surface area contributed by atoms with Gasteiger partial charge < -0.3 is 4.74 Å². The van der Waals surface area contributed by atoms with Crippen LogP contribution < -0.4 is 0 Å². The van der Waals surface area contributed by atoms with E-state index in [1.165, 1.54) is 30.6 Å². The number of nitro groups is 1. The van der Waals surface area contributed by atoms with Crippen molar-refractivity contribution in [1.82, 2.24) is 0 Å². The van der Waals surface area contributed by atoms with Crippen LogP contribution in [0.15, 0.2) is 35.0 Å². The molecule has 6 heteroatoms. The number of nitro benzene ring substituents is 1. The fourth-order valence-electron chi connectivity index (χ4n) is 1.59. The highest BCUT2D eigenvalue weighted by molar-refractivity contribution is 7.08. The number of ether oxygens (including phenoxy) is 1. The molecule has 5 nitrogen and oxygen atoms in total. The SMILES string of the molecule is COC(=O)c1ccc(-c2ccsc2)c([N+](=O)[O-])c1. The molecule has 0 N–H and O–H groups in total. The molecule has 0 spiro atoms. The number of hydrogen-bond donors (Lipinski definition) is 0. The monoisotopic (exact) mass is 263 g/mol. The fraction of sp³-hybridized carbons (Fsp3) is 0.0833. The lowest BCUT2D eigenvalue weighted by Crippen LogP contribution is -2.02. The predicted molar refractivity (Wildman–Crippen MR) is 67.7 cm³/mol. The van der Waals surface area contributed by atoms with Gasteiger partial charge in [-0.3, -0.25) is 10.1 Å². The largest absolute Gasteiger partial charge is 0.465 e. The predicted octanol–water partition coefficient (Wildman–Crippen LogP) is 3.11. The molecule has 0 atom stereocenters. The Morgan fingerprint density at radius 3 is 2.72 bits per heavy atom. The zero-order valence-corrected chi connectivity index (χ0v) is 10.3. The second-order valence-electron chi connectivity index (χ2n) is 3.49. The third kappa shape index (κ3) is 2.23. The molecule has 18 heavy (non-hydrogen) atoms. The minimum atomic E-state index is -0.588. The zero-order valence-electron chi connectivity index (χ0n) is 9.45. The van der Waals surface area contributed by atoms with Gasteiger partial charge in [-0.25, -0.2) is 4.79 Å². The first-order valence-electron chi connectivity index (χ1n) is 5.03. The molecule has 0 aliphatic carbocycles. The van der Waals surface area contributed by atoms with Crippen molar-refractivity contribution >= 4 is 23.0 Å². The summed E-state index contributed by atoms with van der Waals surface area (Å²) >= 11 is 1.46. The summed E-state index contributed by atoms with van der Waals surface area (Å²) in [6.07, 6.45) is 0. The first-order valence-corrected chi connectivity index (χ1v) is 5.97. The van der Waals surface area contributed by atoms with E-state index in [-0.39, 0.29) is 11.3 Å². The van der Waals surface area contributed by atoms with Crippen molar-refractivity contribution in [3.05, 3.63) is 50.7 Å². The van der Waals surface area contributed by atoms with Crippen LogP contribution >= 0.6 is 11.3 Å². The van der Waals surface area contributed by atoms with Crippen LogP contribution in [0.2, 0.25) is 0 Å². The van der Waals surface area contributed by atoms with Crippen molar-refractivity contribution in [3.63, 3.8) is 0 Å². The molecule has 0 radical (unpaired) electrons. The van der Waals surface area contributed by atoms with Crippen LogP contribution in [0.3, 0.4) is 0 Å². The minimum Gasteiger partial charge on any atom is -0.465 e. The van der Waals surface area contributed by atoms with Gasteiger partial charge in [0.15, 0.2) is 0 Å². The lowest BCUT2D eigenvalue weighted by Gasteiger charge is -2.03. The third-order valence-electron chi connectivity index (χ3n) is 2.45. The van der Waals surface area contributed by atoms with Crippen molar-refractivity contribution in [2.75, 3.05) is 7.11 Å². The number of hydrogen-bond acceptors (Lipinski definition) is 5. The summed E-state index contributed by atoms with van der Waals surface area (Å²) in [5.41, 5.74) is 1.33. The molecule has 0 amide bonds. The maximum absolute atomic E-state index is 11.3. The lowest BCUT2D eigenvalue weighted by atomic mass is 10.0. The average molecular weight is 263 g/mol. The lowest BCUT2D eigenvalue weighted by molar-refractivity contribution is -0.384. The van der Waals surface area contributed by atoms with Crippen molar-refractivity contribution in [1.29, 1.82) is 0 Å². The first-order chi connectivity index (χ1) is 8.63. The highest BCUT2D eigenvalue weighted by atomic mass is 32.1. The quantitative estimate of drug-likeness (QED) is 0.484. The number of methoxy groups -OCH3 is 1. The normalized spacial score (nSPS) is 10.1. The van der Waals surface area contributed by atoms with Crippen LogP contribution in [0.5, 0.6) is 0 Å². The van der Waals surface area contributed by atoms with Gasteiger partial charge >= 0.3 is 5.97 Å². The fourth-order valence-corrected chi connectivity index (χ4v) is 2.25. The van der Waals surface area contributed by atoms with Gasteiger partial charge in [0.1, 0.15) is 0 Å². The van der Waals surface area contributed by atoms with Crippen LogP contribution in [0.25, 0.3) is 11.1 Å². The molecule has 92 valence electrons. The van der Waals surface area contributed by atoms with Crippen molar-refractivity contribution in [2.45, 2.75) is 0 Å². The molecule has 1 heterocycles. The first kappa shape index (κ1) is 12.3. The van der Waals surface area contributed by atoms with E-state index in [0.717, 1.165) is 5.56 Å². The van der Waals surface area contributed by atoms with Crippen molar-refractivity contribution < 1.29 is 14.5 Å². The third-order valence-corrected chi connectivity index (χ3v) is 3.13. The maximum Gasteiger partial charge on any atom is 0.338 e. The van der Waals surface area contributed by atoms with Gasteiger partial charge in [-0.05, 0) is 34.5 Å². The van der Waals surface area contributed by atoms with Gasteiger partial charge in [-0.2, -0.15) is 11.3 Å². The van der Waals surface area contributed by atoms with Crippen LogP contribution in [0, 0.1) is 10.1 Å². The van der Waals surface area contributed by atoms with Gasteiger partial charge in [0.2, 0.25) is 0 Å². The standard InChI is InChI=1S/C12H9NO4S/c1-17-12(14)8-2-3-10(9-4-5-18-7-9)11(6-8)13(15)16/h2-7H,1H3. The summed E-state index contributed by atoms with van der Waals surface area (Å²) in [5.74, 6) is -0.588. The molecule has 2 rings (SSSR count). The summed E-state index contributed by atoms with van der Waals surface area (Å²) in [4.78, 5) is 21.9. The molecule has 0 bridgehead atoms. The number of thiophene rings is 1. The molecule has 2 aromatic rings. The molecule has 1 aromatic carbocycles. The van der Waals surface area contributed by atoms with E-state index in [1.54, 1.807) is 12.1 Å². The van der Waals surface area contributed by atoms with Crippen molar-refractivity contribution in [3.8, 4) is 11.1 Å². The van der Waals surface area contributed by atoms with Gasteiger partial charge in [-0.1, -0.05) is 0 Å². The average Bonchev–Trinajstić information content (AvgIpc) is 2.90. The van der Waals surface area contributed by atoms with Crippen LogP contribution in [-0.4, -0.2) is 18.0 Å². The Morgan fingerprint density at radius 2 is 2.17 bits per heavy atom. The highest BCUT2D eigenvalue weighted by Gasteiger charge is 2.19. The number of esters is 1. The van der Waals surface area contributed by atoms with E-state index in [9.17, 15) is 14.9 Å². The number of carbonyl (C=O) groups excluding carboxylic acids is 1. The van der Waals surface area contributed by atoms with E-state index in [0.29, 0.717) is 5.56 Å². The molecule has 0 aliphatic rings. The number of benzene rings is 1. The molecular weight excluding hydrogens is 254 g/mol. The molecule has 0 saturated carbocycles. The van der Waals surface area contributed by atoms with Gasteiger partial charge in [0.05, 0.1) is 23.2 Å². The Bertz CT molecular complexity index is 592. The summed E-state index contributed by atoms with van der Waals surface area (Å²) in [7, 11) is 1.24.